The Hall–Kier alpha value is -1.49. The maximum absolute atomic E-state index is 13.6. The minimum Gasteiger partial charge on any atom is -0.342 e. The number of carbonyl (C=O) groups excluding carboxylic acids is 1. The Labute approximate surface area is 129 Å². The molecule has 1 saturated heterocycles. The summed E-state index contributed by atoms with van der Waals surface area (Å²) in [6.45, 7) is 2.52. The molecule has 22 heavy (non-hydrogen) atoms. The van der Waals surface area contributed by atoms with Gasteiger partial charge in [0.05, 0.1) is 6.42 Å². The number of hydrogen-bond donors (Lipinski definition) is 1. The van der Waals surface area contributed by atoms with E-state index in [-0.39, 0.29) is 17.9 Å². The lowest BCUT2D eigenvalue weighted by Crippen LogP contribution is -2.45. The fraction of sp³-hybridized carbons (Fsp3) is 0.588. The summed E-state index contributed by atoms with van der Waals surface area (Å²) in [7, 11) is 0. The molecule has 3 nitrogen and oxygen atoms in total. The average Bonchev–Trinajstić information content (AvgIpc) is 3.33. The fourth-order valence-corrected chi connectivity index (χ4v) is 2.93. The van der Waals surface area contributed by atoms with Gasteiger partial charge in [0.2, 0.25) is 5.91 Å². The SMILES string of the molecule is O=C(Cc1ccc(F)cc1F)N1CCC(NCC2CC2)CC1. The Bertz CT molecular complexity index is 537. The zero-order chi connectivity index (χ0) is 15.5. The lowest BCUT2D eigenvalue weighted by atomic mass is 10.0. The number of benzene rings is 1. The highest BCUT2D eigenvalue weighted by atomic mass is 19.1. The zero-order valence-electron chi connectivity index (χ0n) is 12.7. The van der Waals surface area contributed by atoms with Crippen molar-refractivity contribution in [3.05, 3.63) is 35.4 Å². The molecule has 3 rings (SSSR count). The van der Waals surface area contributed by atoms with E-state index in [9.17, 15) is 13.6 Å². The maximum Gasteiger partial charge on any atom is 0.227 e. The second kappa shape index (κ2) is 6.73. The molecular weight excluding hydrogens is 286 g/mol. The molecule has 0 atom stereocenters. The first kappa shape index (κ1) is 15.4. The number of amides is 1. The van der Waals surface area contributed by atoms with Crippen LogP contribution in [0.5, 0.6) is 0 Å². The molecule has 1 N–H and O–H groups in total. The van der Waals surface area contributed by atoms with Crippen LogP contribution in [-0.2, 0) is 11.2 Å². The normalized spacial score (nSPS) is 19.5. The van der Waals surface area contributed by atoms with E-state index in [0.29, 0.717) is 19.1 Å². The predicted octanol–water partition coefficient (Wildman–Crippen LogP) is 2.50. The maximum atomic E-state index is 13.6. The monoisotopic (exact) mass is 308 g/mol. The number of nitrogens with zero attached hydrogens (tertiary/aromatic N) is 1. The lowest BCUT2D eigenvalue weighted by Gasteiger charge is -2.32. The molecule has 1 heterocycles. The number of hydrogen-bond acceptors (Lipinski definition) is 2. The Morgan fingerprint density at radius 2 is 1.91 bits per heavy atom. The van der Waals surface area contributed by atoms with Gasteiger partial charge in [0.1, 0.15) is 11.6 Å². The molecule has 0 bridgehead atoms. The molecule has 5 heteroatoms. The van der Waals surface area contributed by atoms with Crippen molar-refractivity contribution >= 4 is 5.91 Å². The van der Waals surface area contributed by atoms with Crippen LogP contribution in [0, 0.1) is 17.6 Å². The third-order valence-corrected chi connectivity index (χ3v) is 4.60. The van der Waals surface area contributed by atoms with E-state index < -0.39 is 11.6 Å². The minimum atomic E-state index is -0.644. The fourth-order valence-electron chi connectivity index (χ4n) is 2.93. The van der Waals surface area contributed by atoms with Crippen molar-refractivity contribution in [3.8, 4) is 0 Å². The quantitative estimate of drug-likeness (QED) is 0.906. The van der Waals surface area contributed by atoms with E-state index in [1.807, 2.05) is 0 Å². The molecule has 2 fully saturated rings. The lowest BCUT2D eigenvalue weighted by molar-refractivity contribution is -0.131. The van der Waals surface area contributed by atoms with Crippen LogP contribution in [0.3, 0.4) is 0 Å². The Morgan fingerprint density at radius 3 is 2.55 bits per heavy atom. The van der Waals surface area contributed by atoms with E-state index in [0.717, 1.165) is 31.4 Å². The first-order chi connectivity index (χ1) is 10.6. The van der Waals surface area contributed by atoms with Crippen molar-refractivity contribution in [2.24, 2.45) is 5.92 Å². The molecule has 0 aromatic heterocycles. The number of piperidine rings is 1. The molecule has 1 saturated carbocycles. The van der Waals surface area contributed by atoms with Gasteiger partial charge in [0, 0.05) is 25.2 Å². The summed E-state index contributed by atoms with van der Waals surface area (Å²) in [6.07, 6.45) is 4.59. The van der Waals surface area contributed by atoms with Crippen molar-refractivity contribution in [3.63, 3.8) is 0 Å². The van der Waals surface area contributed by atoms with Gasteiger partial charge in [-0.25, -0.2) is 8.78 Å². The highest BCUT2D eigenvalue weighted by Crippen LogP contribution is 2.28. The van der Waals surface area contributed by atoms with Crippen LogP contribution in [0.4, 0.5) is 8.78 Å². The van der Waals surface area contributed by atoms with Gasteiger partial charge >= 0.3 is 0 Å². The summed E-state index contributed by atoms with van der Waals surface area (Å²) in [5, 5.41) is 3.57. The van der Waals surface area contributed by atoms with Gasteiger partial charge in [-0.3, -0.25) is 4.79 Å². The smallest absolute Gasteiger partial charge is 0.227 e. The van der Waals surface area contributed by atoms with Gasteiger partial charge in [-0.15, -0.1) is 0 Å². The van der Waals surface area contributed by atoms with Crippen molar-refractivity contribution in [1.82, 2.24) is 10.2 Å². The second-order valence-corrected chi connectivity index (χ2v) is 6.42. The van der Waals surface area contributed by atoms with E-state index >= 15 is 0 Å². The second-order valence-electron chi connectivity index (χ2n) is 6.42. The first-order valence-corrected chi connectivity index (χ1v) is 8.07. The summed E-state index contributed by atoms with van der Waals surface area (Å²) in [4.78, 5) is 14.0. The largest absolute Gasteiger partial charge is 0.342 e. The van der Waals surface area contributed by atoms with Gasteiger partial charge < -0.3 is 10.2 Å². The summed E-state index contributed by atoms with van der Waals surface area (Å²) < 4.78 is 26.5. The minimum absolute atomic E-state index is 0.00623. The molecule has 0 unspecified atom stereocenters. The molecule has 0 spiro atoms. The van der Waals surface area contributed by atoms with Crippen molar-refractivity contribution in [1.29, 1.82) is 0 Å². The topological polar surface area (TPSA) is 32.3 Å². The zero-order valence-corrected chi connectivity index (χ0v) is 12.7. The number of likely N-dealkylation sites (tertiary alicyclic amines) is 1. The van der Waals surface area contributed by atoms with E-state index in [1.54, 1.807) is 4.90 Å². The van der Waals surface area contributed by atoms with Gasteiger partial charge in [0.15, 0.2) is 0 Å². The third-order valence-electron chi connectivity index (χ3n) is 4.60. The summed E-state index contributed by atoms with van der Waals surface area (Å²) in [6, 6.07) is 3.87. The van der Waals surface area contributed by atoms with Crippen LogP contribution >= 0.6 is 0 Å². The van der Waals surface area contributed by atoms with Crippen molar-refractivity contribution in [2.75, 3.05) is 19.6 Å². The average molecular weight is 308 g/mol. The molecule has 0 radical (unpaired) electrons. The van der Waals surface area contributed by atoms with Crippen LogP contribution in [0.2, 0.25) is 0 Å². The van der Waals surface area contributed by atoms with Gasteiger partial charge in [-0.1, -0.05) is 6.07 Å². The molecule has 120 valence electrons. The van der Waals surface area contributed by atoms with Crippen LogP contribution in [-0.4, -0.2) is 36.5 Å². The molecule has 1 aromatic carbocycles. The van der Waals surface area contributed by atoms with Crippen LogP contribution in [0.25, 0.3) is 0 Å². The number of halogens is 2. The molecule has 1 amide bonds. The number of carbonyl (C=O) groups is 1. The van der Waals surface area contributed by atoms with Crippen LogP contribution in [0.1, 0.15) is 31.2 Å². The predicted molar refractivity (Wildman–Crippen MR) is 80.4 cm³/mol. The highest BCUT2D eigenvalue weighted by molar-refractivity contribution is 5.78. The van der Waals surface area contributed by atoms with Gasteiger partial charge in [-0.2, -0.15) is 0 Å². The Balaban J connectivity index is 1.46. The number of rotatable bonds is 5. The van der Waals surface area contributed by atoms with Gasteiger partial charge in [-0.05, 0) is 49.8 Å². The van der Waals surface area contributed by atoms with Crippen molar-refractivity contribution < 1.29 is 13.6 Å². The number of nitrogens with one attached hydrogen (secondary N) is 1. The van der Waals surface area contributed by atoms with Gasteiger partial charge in [0.25, 0.3) is 0 Å². The third kappa shape index (κ3) is 4.03. The molecular formula is C17H22F2N2O. The van der Waals surface area contributed by atoms with Crippen molar-refractivity contribution in [2.45, 2.75) is 38.1 Å². The van der Waals surface area contributed by atoms with E-state index in [2.05, 4.69) is 5.32 Å². The van der Waals surface area contributed by atoms with Crippen LogP contribution in [0.15, 0.2) is 18.2 Å². The molecule has 2 aliphatic rings. The Kier molecular flexibility index (Phi) is 4.71. The molecule has 1 aliphatic heterocycles. The molecule has 1 aromatic rings. The standard InChI is InChI=1S/C17H22F2N2O/c18-14-4-3-13(16(19)10-14)9-17(22)21-7-5-15(6-8-21)20-11-12-1-2-12/h3-4,10,12,15,20H,1-2,5-9,11H2. The van der Waals surface area contributed by atoms with E-state index in [4.69, 9.17) is 0 Å². The first-order valence-electron chi connectivity index (χ1n) is 8.07. The Morgan fingerprint density at radius 1 is 1.18 bits per heavy atom. The summed E-state index contributed by atoms with van der Waals surface area (Å²) >= 11 is 0. The summed E-state index contributed by atoms with van der Waals surface area (Å²) in [5.41, 5.74) is 0.264. The summed E-state index contributed by atoms with van der Waals surface area (Å²) in [5.74, 6) is -0.474. The molecule has 1 aliphatic carbocycles. The highest BCUT2D eigenvalue weighted by Gasteiger charge is 2.26. The van der Waals surface area contributed by atoms with Crippen LogP contribution < -0.4 is 5.32 Å². The van der Waals surface area contributed by atoms with E-state index in [1.165, 1.54) is 25.0 Å².